The van der Waals surface area contributed by atoms with E-state index in [0.717, 1.165) is 63.4 Å². The summed E-state index contributed by atoms with van der Waals surface area (Å²) in [5.74, 6) is 5.57. The standard InChI is InChI=1S/C47H92N2O3S6/c1-7-11-13-15-17-19-21-23-25-27-39-53-57-55-41-44(9-3)51-46(43-31-29-32-43)33-37-49(36-30-35-48(5)6)38-34-47(50)52-45(10-4)42-56-58-54-40-28-26-24-22-20-18-16-14-12-8-2/h44-45H,7-42H2,1-6H3. The number of rotatable bonds is 45. The van der Waals surface area contributed by atoms with Crippen LogP contribution in [0.3, 0.4) is 0 Å². The first-order valence-corrected chi connectivity index (χ1v) is 31.8. The molecule has 0 heterocycles. The molecule has 1 fully saturated rings. The molecule has 11 heteroatoms. The van der Waals surface area contributed by atoms with Crippen molar-refractivity contribution in [3.8, 4) is 0 Å². The number of carbonyl (C=O) groups excluding carboxylic acids is 1. The van der Waals surface area contributed by atoms with Crippen LogP contribution >= 0.6 is 62.8 Å². The van der Waals surface area contributed by atoms with Crippen LogP contribution in [0.15, 0.2) is 11.3 Å². The number of carbonyl (C=O) groups is 1. The summed E-state index contributed by atoms with van der Waals surface area (Å²) in [6.07, 6.45) is 36.2. The van der Waals surface area contributed by atoms with Crippen molar-refractivity contribution in [2.24, 2.45) is 0 Å². The van der Waals surface area contributed by atoms with E-state index in [4.69, 9.17) is 9.47 Å². The lowest BCUT2D eigenvalue weighted by Gasteiger charge is -2.29. The molecule has 0 aromatic carbocycles. The third-order valence-electron chi connectivity index (χ3n) is 11.1. The molecule has 1 aliphatic rings. The minimum Gasteiger partial charge on any atom is -0.494 e. The predicted octanol–water partition coefficient (Wildman–Crippen LogP) is 16.5. The fraction of sp³-hybridized carbons (Fsp3) is 0.936. The summed E-state index contributed by atoms with van der Waals surface area (Å²) < 4.78 is 12.8. The van der Waals surface area contributed by atoms with E-state index in [0.29, 0.717) is 6.42 Å². The molecule has 0 amide bonds. The third kappa shape index (κ3) is 35.5. The smallest absolute Gasteiger partial charge is 0.307 e. The van der Waals surface area contributed by atoms with Gasteiger partial charge in [0.25, 0.3) is 0 Å². The number of nitrogens with zero attached hydrogens (tertiary/aromatic N) is 2. The van der Waals surface area contributed by atoms with Gasteiger partial charge < -0.3 is 19.3 Å². The molecular formula is C47H92N2O3S6. The van der Waals surface area contributed by atoms with Gasteiger partial charge in [-0.05, 0) is 104 Å². The number of hydrogen-bond donors (Lipinski definition) is 0. The summed E-state index contributed by atoms with van der Waals surface area (Å²) in [6.45, 7) is 12.7. The van der Waals surface area contributed by atoms with Crippen molar-refractivity contribution in [1.29, 1.82) is 0 Å². The fourth-order valence-electron chi connectivity index (χ4n) is 6.96. The van der Waals surface area contributed by atoms with Crippen LogP contribution in [-0.2, 0) is 14.3 Å². The number of hydrogen-bond acceptors (Lipinski definition) is 11. The minimum atomic E-state index is -0.0477. The van der Waals surface area contributed by atoms with Crippen molar-refractivity contribution in [1.82, 2.24) is 9.80 Å². The molecule has 2 atom stereocenters. The van der Waals surface area contributed by atoms with E-state index in [1.807, 2.05) is 62.8 Å². The van der Waals surface area contributed by atoms with Gasteiger partial charge in [0, 0.05) is 42.5 Å². The Morgan fingerprint density at radius 3 is 1.41 bits per heavy atom. The van der Waals surface area contributed by atoms with E-state index in [9.17, 15) is 4.79 Å². The summed E-state index contributed by atoms with van der Waals surface area (Å²) in [4.78, 5) is 17.8. The van der Waals surface area contributed by atoms with Crippen LogP contribution in [-0.4, -0.2) is 91.3 Å². The highest BCUT2D eigenvalue weighted by molar-refractivity contribution is 9.09. The average molecular weight is 926 g/mol. The van der Waals surface area contributed by atoms with Crippen LogP contribution in [0.2, 0.25) is 0 Å². The summed E-state index contributed by atoms with van der Waals surface area (Å²) in [6, 6.07) is 0. The molecular weight excluding hydrogens is 833 g/mol. The Bertz CT molecular complexity index is 940. The topological polar surface area (TPSA) is 42.0 Å². The second-order valence-corrected chi connectivity index (χ2v) is 25.6. The molecule has 0 radical (unpaired) electrons. The van der Waals surface area contributed by atoms with Crippen molar-refractivity contribution in [3.05, 3.63) is 11.3 Å². The van der Waals surface area contributed by atoms with E-state index >= 15 is 0 Å². The Morgan fingerprint density at radius 1 is 0.534 bits per heavy atom. The van der Waals surface area contributed by atoms with Gasteiger partial charge in [-0.2, -0.15) is 0 Å². The molecule has 0 aliphatic heterocycles. The maximum atomic E-state index is 13.1. The second-order valence-electron chi connectivity index (χ2n) is 16.8. The molecule has 1 rings (SSSR count). The van der Waals surface area contributed by atoms with Gasteiger partial charge in [-0.1, -0.05) is 186 Å². The highest BCUT2D eigenvalue weighted by atomic mass is 33.5. The van der Waals surface area contributed by atoms with E-state index in [-0.39, 0.29) is 18.2 Å². The molecule has 2 unspecified atom stereocenters. The summed E-state index contributed by atoms with van der Waals surface area (Å²) >= 11 is 0. The first-order valence-electron chi connectivity index (χ1n) is 24.2. The van der Waals surface area contributed by atoms with Gasteiger partial charge in [0.2, 0.25) is 0 Å². The molecule has 0 N–H and O–H groups in total. The van der Waals surface area contributed by atoms with Crippen molar-refractivity contribution in [2.45, 2.75) is 220 Å². The van der Waals surface area contributed by atoms with Crippen LogP contribution in [0.4, 0.5) is 0 Å². The normalized spacial score (nSPS) is 14.0. The highest BCUT2D eigenvalue weighted by Crippen LogP contribution is 2.38. The first kappa shape index (κ1) is 57.0. The summed E-state index contributed by atoms with van der Waals surface area (Å²) in [7, 11) is 16.0. The van der Waals surface area contributed by atoms with Gasteiger partial charge in [-0.25, -0.2) is 0 Å². The Kier molecular flexibility index (Phi) is 42.6. The predicted molar refractivity (Wildman–Crippen MR) is 274 cm³/mol. The molecule has 58 heavy (non-hydrogen) atoms. The molecule has 0 bridgehead atoms. The van der Waals surface area contributed by atoms with Crippen LogP contribution in [0, 0.1) is 0 Å². The highest BCUT2D eigenvalue weighted by Gasteiger charge is 2.21. The molecule has 344 valence electrons. The molecule has 0 aromatic heterocycles. The van der Waals surface area contributed by atoms with E-state index < -0.39 is 0 Å². The van der Waals surface area contributed by atoms with Gasteiger partial charge in [-0.3, -0.25) is 4.79 Å². The second kappa shape index (κ2) is 43.3. The Balaban J connectivity index is 2.36. The fourth-order valence-corrected chi connectivity index (χ4v) is 15.1. The maximum absolute atomic E-state index is 13.1. The summed E-state index contributed by atoms with van der Waals surface area (Å²) in [5.41, 5.74) is 1.53. The minimum absolute atomic E-state index is 0.00593. The monoisotopic (exact) mass is 925 g/mol. The molecule has 5 nitrogen and oxygen atoms in total. The molecule has 0 aromatic rings. The lowest BCUT2D eigenvalue weighted by atomic mass is 9.90. The largest absolute Gasteiger partial charge is 0.494 e. The van der Waals surface area contributed by atoms with Gasteiger partial charge in [0.15, 0.2) is 0 Å². The summed E-state index contributed by atoms with van der Waals surface area (Å²) in [5, 5.41) is 0. The zero-order valence-corrected chi connectivity index (χ0v) is 43.6. The Labute approximate surface area is 384 Å². The Morgan fingerprint density at radius 2 is 0.983 bits per heavy atom. The van der Waals surface area contributed by atoms with Gasteiger partial charge >= 0.3 is 5.97 Å². The number of allylic oxidation sites excluding steroid dienone is 1. The van der Waals surface area contributed by atoms with E-state index in [2.05, 4.69) is 51.6 Å². The van der Waals surface area contributed by atoms with Gasteiger partial charge in [0.05, 0.1) is 12.2 Å². The maximum Gasteiger partial charge on any atom is 0.307 e. The van der Waals surface area contributed by atoms with Crippen LogP contribution in [0.5, 0.6) is 0 Å². The lowest BCUT2D eigenvalue weighted by molar-refractivity contribution is -0.148. The lowest BCUT2D eigenvalue weighted by Crippen LogP contribution is -2.32. The molecule has 1 aliphatic carbocycles. The van der Waals surface area contributed by atoms with Crippen LogP contribution in [0.1, 0.15) is 207 Å². The Hall–Kier alpha value is 1.03. The average Bonchev–Trinajstić information content (AvgIpc) is 3.19. The molecule has 1 saturated carbocycles. The van der Waals surface area contributed by atoms with Crippen molar-refractivity contribution < 1.29 is 14.3 Å². The quantitative estimate of drug-likeness (QED) is 0.0254. The molecule has 0 saturated heterocycles. The van der Waals surface area contributed by atoms with Crippen molar-refractivity contribution in [2.75, 3.05) is 63.3 Å². The van der Waals surface area contributed by atoms with E-state index in [1.165, 1.54) is 171 Å². The van der Waals surface area contributed by atoms with Crippen molar-refractivity contribution >= 4 is 68.8 Å². The van der Waals surface area contributed by atoms with Crippen LogP contribution in [0.25, 0.3) is 0 Å². The SMILES string of the molecule is CCCCCCCCCCCCSSSCC(CC)OC(=O)CCN(CCCN(C)C)CCC(OC(CC)CSSSCCCCCCCCCCCC)=C1CCC1. The van der Waals surface area contributed by atoms with Crippen molar-refractivity contribution in [3.63, 3.8) is 0 Å². The van der Waals surface area contributed by atoms with Crippen LogP contribution < -0.4 is 0 Å². The number of unbranched alkanes of at least 4 members (excludes halogenated alkanes) is 18. The van der Waals surface area contributed by atoms with E-state index in [1.54, 1.807) is 0 Å². The molecule has 0 spiro atoms. The number of ether oxygens (including phenoxy) is 2. The third-order valence-corrected chi connectivity index (χ3v) is 19.8. The van der Waals surface area contributed by atoms with Gasteiger partial charge in [0.1, 0.15) is 12.2 Å². The first-order chi connectivity index (χ1) is 28.4. The van der Waals surface area contributed by atoms with Gasteiger partial charge in [-0.15, -0.1) is 0 Å². The number of esters is 1. The zero-order chi connectivity index (χ0) is 42.2. The zero-order valence-electron chi connectivity index (χ0n) is 38.7.